The van der Waals surface area contributed by atoms with E-state index in [1.807, 2.05) is 0 Å². The largest absolute Gasteiger partial charge is 0.394 e. The second kappa shape index (κ2) is 7.09. The molecule has 0 saturated carbocycles. The van der Waals surface area contributed by atoms with Crippen molar-refractivity contribution in [1.82, 2.24) is 0 Å². The van der Waals surface area contributed by atoms with Gasteiger partial charge in [-0.25, -0.2) is 0 Å². The molecule has 0 aromatic carbocycles. The molecule has 0 aliphatic carbocycles. The molecule has 0 saturated heterocycles. The Balaban J connectivity index is 4.41. The van der Waals surface area contributed by atoms with Gasteiger partial charge < -0.3 is 40.9 Å². The Morgan fingerprint density at radius 2 is 0.750 bits per heavy atom. The predicted molar refractivity (Wildman–Crippen MR) is 50.2 cm³/mol. The monoisotopic (exact) mass is 242 g/mol. The molecule has 8 N–H and O–H groups in total. The Labute approximate surface area is 91.6 Å². The van der Waals surface area contributed by atoms with E-state index in [4.69, 9.17) is 20.4 Å². The van der Waals surface area contributed by atoms with Crippen molar-refractivity contribution in [2.24, 2.45) is 0 Å². The molecule has 16 heavy (non-hydrogen) atoms. The lowest BCUT2D eigenvalue weighted by molar-refractivity contribution is -0.161. The molecule has 0 rings (SSSR count). The summed E-state index contributed by atoms with van der Waals surface area (Å²) < 4.78 is 0. The summed E-state index contributed by atoms with van der Waals surface area (Å²) >= 11 is 0. The van der Waals surface area contributed by atoms with E-state index in [2.05, 4.69) is 0 Å². The fourth-order valence-corrected chi connectivity index (χ4v) is 1.08. The summed E-state index contributed by atoms with van der Waals surface area (Å²) in [4.78, 5) is 0. The Kier molecular flexibility index (Phi) is 6.95. The lowest BCUT2D eigenvalue weighted by Crippen LogP contribution is -2.53. The maximum Gasteiger partial charge on any atom is 0.111 e. The van der Waals surface area contributed by atoms with Gasteiger partial charge in [0.15, 0.2) is 0 Å². The maximum absolute atomic E-state index is 9.28. The molecule has 0 spiro atoms. The summed E-state index contributed by atoms with van der Waals surface area (Å²) in [5.41, 5.74) is 0. The van der Waals surface area contributed by atoms with Crippen molar-refractivity contribution >= 4 is 0 Å². The summed E-state index contributed by atoms with van der Waals surface area (Å²) in [6.45, 7) is -1.69. The average molecular weight is 242 g/mol. The van der Waals surface area contributed by atoms with Crippen LogP contribution in [0.4, 0.5) is 0 Å². The summed E-state index contributed by atoms with van der Waals surface area (Å²) in [6.07, 6.45) is -11.1. The highest BCUT2D eigenvalue weighted by molar-refractivity contribution is 4.87. The highest BCUT2D eigenvalue weighted by atomic mass is 16.4. The van der Waals surface area contributed by atoms with Gasteiger partial charge in [0.25, 0.3) is 0 Å². The summed E-state index contributed by atoms with van der Waals surface area (Å²) in [5.74, 6) is 0. The predicted octanol–water partition coefficient (Wildman–Crippen LogP) is -4.86. The molecule has 0 aliphatic rings. The first-order valence-corrected chi connectivity index (χ1v) is 4.66. The Bertz CT molecular complexity index is 169. The zero-order valence-electron chi connectivity index (χ0n) is 8.46. The van der Waals surface area contributed by atoms with E-state index in [1.165, 1.54) is 0 Å². The molecule has 0 aromatic heterocycles. The van der Waals surface area contributed by atoms with Crippen LogP contribution in [-0.4, -0.2) is 90.7 Å². The number of hydrogen-bond acceptors (Lipinski definition) is 8. The minimum Gasteiger partial charge on any atom is -0.394 e. The van der Waals surface area contributed by atoms with E-state index in [0.717, 1.165) is 0 Å². The third-order valence-electron chi connectivity index (χ3n) is 2.21. The van der Waals surface area contributed by atoms with Gasteiger partial charge in [0.1, 0.15) is 36.6 Å². The van der Waals surface area contributed by atoms with Gasteiger partial charge in [-0.2, -0.15) is 0 Å². The van der Waals surface area contributed by atoms with Crippen molar-refractivity contribution in [3.05, 3.63) is 0 Å². The van der Waals surface area contributed by atoms with Crippen LogP contribution in [0, 0.1) is 0 Å². The van der Waals surface area contributed by atoms with Crippen LogP contribution in [0.3, 0.4) is 0 Å². The van der Waals surface area contributed by atoms with Crippen molar-refractivity contribution in [2.45, 2.75) is 36.6 Å². The van der Waals surface area contributed by atoms with Crippen LogP contribution in [0.5, 0.6) is 0 Å². The molecule has 8 heteroatoms. The van der Waals surface area contributed by atoms with Crippen molar-refractivity contribution in [3.63, 3.8) is 0 Å². The normalized spacial score (nSPS) is 23.2. The molecule has 0 amide bonds. The minimum atomic E-state index is -1.97. The van der Waals surface area contributed by atoms with Crippen LogP contribution < -0.4 is 0 Å². The molecule has 0 heterocycles. The number of rotatable bonds is 7. The van der Waals surface area contributed by atoms with Gasteiger partial charge in [-0.05, 0) is 0 Å². The molecule has 6 atom stereocenters. The highest BCUT2D eigenvalue weighted by Gasteiger charge is 2.36. The molecular weight excluding hydrogens is 224 g/mol. The lowest BCUT2D eigenvalue weighted by Gasteiger charge is -2.29. The van der Waals surface area contributed by atoms with Crippen LogP contribution in [-0.2, 0) is 0 Å². The van der Waals surface area contributed by atoms with Gasteiger partial charge in [0.05, 0.1) is 13.2 Å². The topological polar surface area (TPSA) is 162 Å². The smallest absolute Gasteiger partial charge is 0.111 e. The first kappa shape index (κ1) is 15.7. The van der Waals surface area contributed by atoms with Crippen LogP contribution in [0.2, 0.25) is 0 Å². The molecule has 0 aliphatic heterocycles. The fourth-order valence-electron chi connectivity index (χ4n) is 1.08. The van der Waals surface area contributed by atoms with Gasteiger partial charge in [0, 0.05) is 0 Å². The Morgan fingerprint density at radius 1 is 0.500 bits per heavy atom. The van der Waals surface area contributed by atoms with Crippen molar-refractivity contribution in [2.75, 3.05) is 13.2 Å². The van der Waals surface area contributed by atoms with Gasteiger partial charge >= 0.3 is 0 Å². The van der Waals surface area contributed by atoms with E-state index >= 15 is 0 Å². The highest BCUT2D eigenvalue weighted by Crippen LogP contribution is 2.10. The fraction of sp³-hybridized carbons (Fsp3) is 1.00. The lowest BCUT2D eigenvalue weighted by atomic mass is 9.97. The Hall–Kier alpha value is -0.320. The molecule has 0 aromatic rings. The van der Waals surface area contributed by atoms with Gasteiger partial charge in [-0.15, -0.1) is 0 Å². The molecule has 8 nitrogen and oxygen atoms in total. The van der Waals surface area contributed by atoms with E-state index in [-0.39, 0.29) is 0 Å². The third-order valence-corrected chi connectivity index (χ3v) is 2.21. The standard InChI is InChI=1S/C8H18O8/c9-1-3(11)5(13)7(15)8(16)6(14)4(12)2-10/h3-16H,1-2H2/t3-,4+,5-,6+,7-,8-/m0/s1. The zero-order chi connectivity index (χ0) is 12.9. The molecule has 0 unspecified atom stereocenters. The van der Waals surface area contributed by atoms with Crippen molar-refractivity contribution in [3.8, 4) is 0 Å². The van der Waals surface area contributed by atoms with Crippen molar-refractivity contribution < 1.29 is 40.9 Å². The SMILES string of the molecule is OC[C@@H](O)[C@@H](O)[C@H](O)[C@@H](O)[C@@H](O)[C@@H](O)CO. The second-order valence-corrected chi connectivity index (χ2v) is 3.46. The van der Waals surface area contributed by atoms with E-state index in [1.54, 1.807) is 0 Å². The minimum absolute atomic E-state index is 0.844. The molecule has 98 valence electrons. The number of hydrogen-bond donors (Lipinski definition) is 8. The third kappa shape index (κ3) is 3.92. The molecule has 0 radical (unpaired) electrons. The zero-order valence-corrected chi connectivity index (χ0v) is 8.46. The van der Waals surface area contributed by atoms with Gasteiger partial charge in [-0.3, -0.25) is 0 Å². The number of aliphatic hydroxyl groups is 8. The van der Waals surface area contributed by atoms with Crippen LogP contribution in [0.1, 0.15) is 0 Å². The first-order chi connectivity index (χ1) is 7.36. The van der Waals surface area contributed by atoms with Gasteiger partial charge in [-0.1, -0.05) is 0 Å². The maximum atomic E-state index is 9.28. The average Bonchev–Trinajstić information content (AvgIpc) is 2.32. The van der Waals surface area contributed by atoms with Crippen LogP contribution in [0.15, 0.2) is 0 Å². The first-order valence-electron chi connectivity index (χ1n) is 4.66. The molecule has 0 bridgehead atoms. The van der Waals surface area contributed by atoms with E-state index < -0.39 is 49.8 Å². The number of aliphatic hydroxyl groups excluding tert-OH is 8. The Morgan fingerprint density at radius 3 is 0.938 bits per heavy atom. The summed E-state index contributed by atoms with van der Waals surface area (Å²) in [6, 6.07) is 0. The van der Waals surface area contributed by atoms with Crippen LogP contribution >= 0.6 is 0 Å². The molecule has 0 fully saturated rings. The molecular formula is C8H18O8. The van der Waals surface area contributed by atoms with Crippen molar-refractivity contribution in [1.29, 1.82) is 0 Å². The van der Waals surface area contributed by atoms with E-state index in [9.17, 15) is 20.4 Å². The van der Waals surface area contributed by atoms with Gasteiger partial charge in [0.2, 0.25) is 0 Å². The quantitative estimate of drug-likeness (QED) is 0.220. The van der Waals surface area contributed by atoms with E-state index in [0.29, 0.717) is 0 Å². The second-order valence-electron chi connectivity index (χ2n) is 3.46. The summed E-state index contributed by atoms with van der Waals surface area (Å²) in [5, 5.41) is 71.8. The summed E-state index contributed by atoms with van der Waals surface area (Å²) in [7, 11) is 0. The van der Waals surface area contributed by atoms with Crippen LogP contribution in [0.25, 0.3) is 0 Å².